The van der Waals surface area contributed by atoms with Gasteiger partial charge in [-0.1, -0.05) is 193 Å². The summed E-state index contributed by atoms with van der Waals surface area (Å²) in [4.78, 5) is 7.71. The van der Waals surface area contributed by atoms with E-state index in [1.54, 1.807) is 0 Å². The second-order valence-electron chi connectivity index (χ2n) is 19.4. The molecule has 72 heavy (non-hydrogen) atoms. The summed E-state index contributed by atoms with van der Waals surface area (Å²) in [6.07, 6.45) is 0. The first-order valence-electron chi connectivity index (χ1n) is 24.7. The van der Waals surface area contributed by atoms with E-state index in [1.165, 1.54) is 86.3 Å². The van der Waals surface area contributed by atoms with Crippen molar-refractivity contribution >= 4 is 62.5 Å². The molecule has 0 amide bonds. The van der Waals surface area contributed by atoms with E-state index in [2.05, 4.69) is 241 Å². The SMILES string of the molecule is c1ccc2c(c1)Sc1ccccc1C21c2ccccc2-c2cc(N(c3ccc(-c4ccc5oc6ccccc6c5c4)cc3)c3ccc4c(c3)-c3ccccc3C43c4ccccc4Sc4ccccc43)ccc21. The van der Waals surface area contributed by atoms with Crippen LogP contribution in [0.15, 0.2) is 273 Å². The maximum Gasteiger partial charge on any atom is 0.135 e. The van der Waals surface area contributed by atoms with Crippen molar-refractivity contribution in [3.63, 3.8) is 0 Å². The maximum atomic E-state index is 6.23. The number of rotatable bonds is 4. The van der Waals surface area contributed by atoms with E-state index in [1.807, 2.05) is 35.7 Å². The van der Waals surface area contributed by atoms with Crippen LogP contribution in [0.5, 0.6) is 0 Å². The van der Waals surface area contributed by atoms with Gasteiger partial charge in [-0.05, 0) is 157 Å². The molecule has 336 valence electrons. The molecule has 11 aromatic carbocycles. The summed E-state index contributed by atoms with van der Waals surface area (Å²) in [6.45, 7) is 0. The second-order valence-corrected chi connectivity index (χ2v) is 21.6. The molecule has 2 spiro atoms. The monoisotopic (exact) mass is 951 g/mol. The van der Waals surface area contributed by atoms with Gasteiger partial charge in [-0.15, -0.1) is 0 Å². The number of nitrogens with zero attached hydrogens (tertiary/aromatic N) is 1. The van der Waals surface area contributed by atoms with Crippen molar-refractivity contribution in [2.75, 3.05) is 4.90 Å². The summed E-state index contributed by atoms with van der Waals surface area (Å²) in [6, 6.07) is 93.0. The number of anilines is 3. The lowest BCUT2D eigenvalue weighted by atomic mass is 9.67. The standard InChI is InChI=1S/C68H41NOS2/c1-4-18-53-47(15-1)50-40-45(34-36-55(50)67(53)57-20-6-11-25-63(57)71-64-26-12-7-21-58(64)67)69(44-32-29-42(30-33-44)43-31-38-62-52(39-43)49-17-3-10-24-61(49)70-62)46-35-37-56-51(41-46)48-16-2-5-19-54(48)68(56)59-22-8-13-27-65(59)72-66-28-14-9-23-60(66)68/h1-41H. The summed E-state index contributed by atoms with van der Waals surface area (Å²) in [7, 11) is 0. The molecule has 16 rings (SSSR count). The van der Waals surface area contributed by atoms with E-state index in [4.69, 9.17) is 4.42 Å². The number of benzene rings is 11. The van der Waals surface area contributed by atoms with Gasteiger partial charge in [-0.3, -0.25) is 0 Å². The van der Waals surface area contributed by atoms with Gasteiger partial charge in [-0.25, -0.2) is 0 Å². The van der Waals surface area contributed by atoms with Crippen LogP contribution in [-0.4, -0.2) is 0 Å². The van der Waals surface area contributed by atoms with Crippen molar-refractivity contribution < 1.29 is 4.42 Å². The van der Waals surface area contributed by atoms with Crippen LogP contribution >= 0.6 is 23.5 Å². The van der Waals surface area contributed by atoms with Gasteiger partial charge >= 0.3 is 0 Å². The van der Waals surface area contributed by atoms with Crippen molar-refractivity contribution in [2.45, 2.75) is 30.4 Å². The van der Waals surface area contributed by atoms with E-state index >= 15 is 0 Å². The average Bonchev–Trinajstić information content (AvgIpc) is 4.06. The molecule has 0 N–H and O–H groups in total. The quantitative estimate of drug-likeness (QED) is 0.175. The van der Waals surface area contributed by atoms with Crippen molar-refractivity contribution in [1.29, 1.82) is 0 Å². The Bertz CT molecular complexity index is 3970. The predicted octanol–water partition coefficient (Wildman–Crippen LogP) is 18.4. The molecule has 0 bridgehead atoms. The molecule has 0 saturated heterocycles. The van der Waals surface area contributed by atoms with E-state index in [9.17, 15) is 0 Å². The molecule has 4 aliphatic rings. The zero-order chi connectivity index (χ0) is 47.1. The number of fused-ring (bicyclic) bond motifs is 21. The highest BCUT2D eigenvalue weighted by molar-refractivity contribution is 7.99. The third kappa shape index (κ3) is 5.38. The lowest BCUT2D eigenvalue weighted by Gasteiger charge is -2.40. The first-order chi connectivity index (χ1) is 35.7. The Morgan fingerprint density at radius 2 is 0.667 bits per heavy atom. The Morgan fingerprint density at radius 3 is 1.18 bits per heavy atom. The number of hydrogen-bond donors (Lipinski definition) is 0. The zero-order valence-corrected chi connectivity index (χ0v) is 40.5. The van der Waals surface area contributed by atoms with Gasteiger partial charge in [0.25, 0.3) is 0 Å². The van der Waals surface area contributed by atoms with Crippen molar-refractivity contribution in [3.05, 3.63) is 293 Å². The van der Waals surface area contributed by atoms with Crippen LogP contribution in [0.25, 0.3) is 55.3 Å². The second kappa shape index (κ2) is 15.1. The highest BCUT2D eigenvalue weighted by Gasteiger charge is 2.52. The Morgan fingerprint density at radius 1 is 0.278 bits per heavy atom. The van der Waals surface area contributed by atoms with Crippen molar-refractivity contribution in [1.82, 2.24) is 0 Å². The minimum atomic E-state index is -0.451. The largest absolute Gasteiger partial charge is 0.456 e. The molecule has 1 aromatic heterocycles. The zero-order valence-electron chi connectivity index (χ0n) is 38.8. The molecule has 2 aliphatic heterocycles. The van der Waals surface area contributed by atoms with Gasteiger partial charge in [0.2, 0.25) is 0 Å². The van der Waals surface area contributed by atoms with Crippen LogP contribution in [0, 0.1) is 0 Å². The molecule has 0 unspecified atom stereocenters. The number of para-hydroxylation sites is 1. The molecule has 12 aromatic rings. The van der Waals surface area contributed by atoms with Gasteiger partial charge in [-0.2, -0.15) is 0 Å². The highest BCUT2D eigenvalue weighted by Crippen LogP contribution is 2.65. The van der Waals surface area contributed by atoms with Gasteiger partial charge in [0.15, 0.2) is 0 Å². The van der Waals surface area contributed by atoms with Crippen LogP contribution in [0.2, 0.25) is 0 Å². The predicted molar refractivity (Wildman–Crippen MR) is 297 cm³/mol. The van der Waals surface area contributed by atoms with Gasteiger partial charge < -0.3 is 9.32 Å². The lowest BCUT2D eigenvalue weighted by molar-refractivity contribution is 0.669. The van der Waals surface area contributed by atoms with E-state index in [0.717, 1.165) is 50.1 Å². The molecular formula is C68H41NOS2. The summed E-state index contributed by atoms with van der Waals surface area (Å²) in [5.41, 5.74) is 22.3. The molecule has 0 saturated carbocycles. The molecular weight excluding hydrogens is 911 g/mol. The highest BCUT2D eigenvalue weighted by atomic mass is 32.2. The minimum Gasteiger partial charge on any atom is -0.456 e. The Labute approximate surface area is 426 Å². The van der Waals surface area contributed by atoms with Crippen LogP contribution in [0.1, 0.15) is 44.5 Å². The van der Waals surface area contributed by atoms with Gasteiger partial charge in [0, 0.05) is 47.4 Å². The topological polar surface area (TPSA) is 16.4 Å². The van der Waals surface area contributed by atoms with E-state index in [-0.39, 0.29) is 0 Å². The van der Waals surface area contributed by atoms with E-state index < -0.39 is 10.8 Å². The van der Waals surface area contributed by atoms with Crippen LogP contribution in [0.4, 0.5) is 17.1 Å². The molecule has 3 heterocycles. The summed E-state index contributed by atoms with van der Waals surface area (Å²) in [5, 5.41) is 2.26. The minimum absolute atomic E-state index is 0.451. The Kier molecular flexibility index (Phi) is 8.49. The first-order valence-corrected chi connectivity index (χ1v) is 26.4. The molecule has 0 fully saturated rings. The smallest absolute Gasteiger partial charge is 0.135 e. The van der Waals surface area contributed by atoms with Crippen LogP contribution in [0.3, 0.4) is 0 Å². The van der Waals surface area contributed by atoms with Gasteiger partial charge in [0.1, 0.15) is 11.2 Å². The molecule has 2 aliphatic carbocycles. The molecule has 0 radical (unpaired) electrons. The fraction of sp³-hybridized carbons (Fsp3) is 0.0294. The molecule has 2 nitrogen and oxygen atoms in total. The molecule has 0 atom stereocenters. The fourth-order valence-electron chi connectivity index (χ4n) is 13.1. The third-order valence-corrected chi connectivity index (χ3v) is 18.3. The summed E-state index contributed by atoms with van der Waals surface area (Å²) < 4.78 is 6.23. The number of furan rings is 1. The summed E-state index contributed by atoms with van der Waals surface area (Å²) >= 11 is 3.77. The lowest BCUT2D eigenvalue weighted by Crippen LogP contribution is -2.32. The van der Waals surface area contributed by atoms with Crippen molar-refractivity contribution in [3.8, 4) is 33.4 Å². The number of hydrogen-bond acceptors (Lipinski definition) is 4. The average molecular weight is 952 g/mol. The first kappa shape index (κ1) is 40.4. The Balaban J connectivity index is 0.915. The fourth-order valence-corrected chi connectivity index (χ4v) is 15.5. The normalized spacial score (nSPS) is 14.5. The van der Waals surface area contributed by atoms with E-state index in [0.29, 0.717) is 0 Å². The molecule has 4 heteroatoms. The van der Waals surface area contributed by atoms with Crippen molar-refractivity contribution in [2.24, 2.45) is 0 Å². The van der Waals surface area contributed by atoms with Crippen LogP contribution < -0.4 is 4.90 Å². The van der Waals surface area contributed by atoms with Gasteiger partial charge in [0.05, 0.1) is 10.8 Å². The third-order valence-electron chi connectivity index (χ3n) is 16.0. The summed E-state index contributed by atoms with van der Waals surface area (Å²) in [5.74, 6) is 0. The maximum absolute atomic E-state index is 6.23. The van der Waals surface area contributed by atoms with Crippen LogP contribution in [-0.2, 0) is 10.8 Å². The Hall–Kier alpha value is -8.28.